The molecular weight excluding hydrogens is 428 g/mol. The molecule has 0 unspecified atom stereocenters. The fourth-order valence-electron chi connectivity index (χ4n) is 4.42. The zero-order chi connectivity index (χ0) is 24.0. The molecule has 2 aliphatic rings. The summed E-state index contributed by atoms with van der Waals surface area (Å²) in [6.45, 7) is 11.8. The van der Waals surface area contributed by atoms with Crippen LogP contribution in [0.3, 0.4) is 0 Å². The Bertz CT molecular complexity index is 855. The first-order valence-corrected chi connectivity index (χ1v) is 12.6. The number of rotatable bonds is 11. The molecule has 6 nitrogen and oxygen atoms in total. The molecule has 2 aliphatic heterocycles. The number of para-hydroxylation sites is 4. The van der Waals surface area contributed by atoms with E-state index in [-0.39, 0.29) is 23.3 Å². The summed E-state index contributed by atoms with van der Waals surface area (Å²) in [5, 5.41) is 7.36. The van der Waals surface area contributed by atoms with Gasteiger partial charge in [0, 0.05) is 24.2 Å². The Morgan fingerprint density at radius 3 is 1.44 bits per heavy atom. The molecule has 4 rings (SSSR count). The molecule has 2 atom stereocenters. The molecule has 0 saturated heterocycles. The molecule has 0 radical (unpaired) electrons. The lowest BCUT2D eigenvalue weighted by atomic mass is 9.92. The first kappa shape index (κ1) is 24.7. The zero-order valence-electron chi connectivity index (χ0n) is 21.1. The summed E-state index contributed by atoms with van der Waals surface area (Å²) in [5.41, 5.74) is 0.108. The van der Waals surface area contributed by atoms with E-state index in [9.17, 15) is 0 Å². The van der Waals surface area contributed by atoms with Crippen molar-refractivity contribution in [2.75, 3.05) is 26.3 Å². The minimum absolute atomic E-state index is 0.0373. The van der Waals surface area contributed by atoms with E-state index in [1.807, 2.05) is 48.5 Å². The Kier molecular flexibility index (Phi) is 7.89. The van der Waals surface area contributed by atoms with Crippen LogP contribution in [0.15, 0.2) is 48.5 Å². The quantitative estimate of drug-likeness (QED) is 0.455. The Morgan fingerprint density at radius 1 is 0.647 bits per heavy atom. The molecule has 6 heteroatoms. The lowest BCUT2D eigenvalue weighted by molar-refractivity contribution is 0.0828. The molecule has 0 amide bonds. The maximum absolute atomic E-state index is 6.08. The maximum Gasteiger partial charge on any atom is 0.161 e. The summed E-state index contributed by atoms with van der Waals surface area (Å²) in [6, 6.07) is 15.7. The van der Waals surface area contributed by atoms with Gasteiger partial charge in [-0.05, 0) is 64.8 Å². The molecular formula is C28H40N2O4. The second-order valence-corrected chi connectivity index (χ2v) is 10.7. The highest BCUT2D eigenvalue weighted by atomic mass is 16.6. The largest absolute Gasteiger partial charge is 0.486 e. The number of hydrogen-bond acceptors (Lipinski definition) is 6. The van der Waals surface area contributed by atoms with E-state index in [0.717, 1.165) is 48.9 Å². The highest BCUT2D eigenvalue weighted by Crippen LogP contribution is 2.32. The molecule has 0 bridgehead atoms. The van der Waals surface area contributed by atoms with Crippen molar-refractivity contribution in [1.82, 2.24) is 10.6 Å². The van der Waals surface area contributed by atoms with Crippen LogP contribution in [0.2, 0.25) is 0 Å². The molecule has 2 aromatic carbocycles. The van der Waals surface area contributed by atoms with Gasteiger partial charge in [0.05, 0.1) is 0 Å². The summed E-state index contributed by atoms with van der Waals surface area (Å²) in [5.74, 6) is 3.34. The number of nitrogens with one attached hydrogen (secondary N) is 2. The van der Waals surface area contributed by atoms with Crippen LogP contribution >= 0.6 is 0 Å². The van der Waals surface area contributed by atoms with Gasteiger partial charge in [-0.15, -0.1) is 0 Å². The molecule has 34 heavy (non-hydrogen) atoms. The van der Waals surface area contributed by atoms with E-state index >= 15 is 0 Å². The van der Waals surface area contributed by atoms with Crippen LogP contribution in [0.4, 0.5) is 0 Å². The van der Waals surface area contributed by atoms with Gasteiger partial charge in [0.25, 0.3) is 0 Å². The van der Waals surface area contributed by atoms with Crippen LogP contribution in [0, 0.1) is 0 Å². The van der Waals surface area contributed by atoms with E-state index < -0.39 is 0 Å². The van der Waals surface area contributed by atoms with Gasteiger partial charge in [-0.25, -0.2) is 0 Å². The number of benzene rings is 2. The summed E-state index contributed by atoms with van der Waals surface area (Å²) < 4.78 is 23.8. The smallest absolute Gasteiger partial charge is 0.161 e. The molecule has 0 aromatic heterocycles. The standard InChI is InChI=1S/C28H40N2O4/c1-27(2,29-17-21-19-31-23-11-5-7-13-25(23)33-21)15-9-10-16-28(3,4)30-18-22-20-32-24-12-6-8-14-26(24)34-22/h5-8,11-14,21-22,29-30H,9-10,15-20H2,1-4H3/t21-,22-/m1/s1. The molecule has 0 fully saturated rings. The van der Waals surface area contributed by atoms with Crippen molar-refractivity contribution < 1.29 is 18.9 Å². The van der Waals surface area contributed by atoms with Gasteiger partial charge in [0.15, 0.2) is 23.0 Å². The van der Waals surface area contributed by atoms with Gasteiger partial charge < -0.3 is 29.6 Å². The molecule has 0 saturated carbocycles. The topological polar surface area (TPSA) is 61.0 Å². The Morgan fingerprint density at radius 2 is 1.03 bits per heavy atom. The predicted molar refractivity (Wildman–Crippen MR) is 135 cm³/mol. The monoisotopic (exact) mass is 468 g/mol. The van der Waals surface area contributed by atoms with Crippen molar-refractivity contribution in [3.8, 4) is 23.0 Å². The second kappa shape index (κ2) is 10.9. The van der Waals surface area contributed by atoms with Crippen molar-refractivity contribution in [3.63, 3.8) is 0 Å². The summed E-state index contributed by atoms with van der Waals surface area (Å²) in [6.07, 6.45) is 4.65. The lowest BCUT2D eigenvalue weighted by Gasteiger charge is -2.33. The third-order valence-corrected chi connectivity index (χ3v) is 6.61. The maximum atomic E-state index is 6.08. The summed E-state index contributed by atoms with van der Waals surface area (Å²) in [7, 11) is 0. The van der Waals surface area contributed by atoms with Crippen molar-refractivity contribution in [2.24, 2.45) is 0 Å². The number of ether oxygens (including phenoxy) is 4. The highest BCUT2D eigenvalue weighted by molar-refractivity contribution is 5.41. The third kappa shape index (κ3) is 7.03. The minimum Gasteiger partial charge on any atom is -0.486 e. The van der Waals surface area contributed by atoms with Gasteiger partial charge in [-0.1, -0.05) is 37.1 Å². The van der Waals surface area contributed by atoms with E-state index in [2.05, 4.69) is 38.3 Å². The molecule has 186 valence electrons. The average molecular weight is 469 g/mol. The van der Waals surface area contributed by atoms with E-state index in [0.29, 0.717) is 13.2 Å². The Labute approximate surface area is 204 Å². The SMILES string of the molecule is CC(C)(CCCCC(C)(C)NC[C@@H]1COc2ccccc2O1)NC[C@@H]1COc2ccccc2O1. The van der Waals surface area contributed by atoms with Gasteiger partial charge in [-0.3, -0.25) is 0 Å². The van der Waals surface area contributed by atoms with Crippen LogP contribution in [-0.4, -0.2) is 49.6 Å². The summed E-state index contributed by atoms with van der Waals surface area (Å²) >= 11 is 0. The first-order chi connectivity index (χ1) is 16.3. The zero-order valence-corrected chi connectivity index (χ0v) is 21.1. The van der Waals surface area contributed by atoms with Crippen molar-refractivity contribution in [1.29, 1.82) is 0 Å². The van der Waals surface area contributed by atoms with Gasteiger partial charge >= 0.3 is 0 Å². The molecule has 2 heterocycles. The number of unbranched alkanes of at least 4 members (excludes halogenated alkanes) is 1. The van der Waals surface area contributed by atoms with Gasteiger partial charge in [0.2, 0.25) is 0 Å². The van der Waals surface area contributed by atoms with Crippen molar-refractivity contribution in [3.05, 3.63) is 48.5 Å². The third-order valence-electron chi connectivity index (χ3n) is 6.61. The van der Waals surface area contributed by atoms with Crippen LogP contribution < -0.4 is 29.6 Å². The van der Waals surface area contributed by atoms with E-state index in [1.165, 1.54) is 12.8 Å². The fourth-order valence-corrected chi connectivity index (χ4v) is 4.42. The summed E-state index contributed by atoms with van der Waals surface area (Å²) in [4.78, 5) is 0. The van der Waals surface area contributed by atoms with Crippen LogP contribution in [0.5, 0.6) is 23.0 Å². The minimum atomic E-state index is 0.0373. The van der Waals surface area contributed by atoms with Crippen molar-refractivity contribution >= 4 is 0 Å². The first-order valence-electron chi connectivity index (χ1n) is 12.6. The second-order valence-electron chi connectivity index (χ2n) is 10.7. The van der Waals surface area contributed by atoms with E-state index in [4.69, 9.17) is 18.9 Å². The normalized spacial score (nSPS) is 19.6. The van der Waals surface area contributed by atoms with Crippen LogP contribution in [-0.2, 0) is 0 Å². The van der Waals surface area contributed by atoms with Crippen LogP contribution in [0.1, 0.15) is 53.4 Å². The molecule has 2 N–H and O–H groups in total. The highest BCUT2D eigenvalue weighted by Gasteiger charge is 2.26. The molecule has 0 spiro atoms. The fraction of sp³-hybridized carbons (Fsp3) is 0.571. The lowest BCUT2D eigenvalue weighted by Crippen LogP contribution is -2.48. The predicted octanol–water partition coefficient (Wildman–Crippen LogP) is 4.96. The van der Waals surface area contributed by atoms with E-state index in [1.54, 1.807) is 0 Å². The number of hydrogen-bond donors (Lipinski definition) is 2. The van der Waals surface area contributed by atoms with Gasteiger partial charge in [0.1, 0.15) is 25.4 Å². The number of fused-ring (bicyclic) bond motifs is 2. The Hall–Kier alpha value is -2.44. The average Bonchev–Trinajstić information content (AvgIpc) is 2.84. The van der Waals surface area contributed by atoms with Crippen molar-refractivity contribution in [2.45, 2.75) is 76.7 Å². The van der Waals surface area contributed by atoms with Gasteiger partial charge in [-0.2, -0.15) is 0 Å². The Balaban J connectivity index is 1.11. The molecule has 0 aliphatic carbocycles. The van der Waals surface area contributed by atoms with Crippen LogP contribution in [0.25, 0.3) is 0 Å². The molecule has 2 aromatic rings.